The third kappa shape index (κ3) is 7.31. The third-order valence-corrected chi connectivity index (χ3v) is 7.71. The van der Waals surface area contributed by atoms with Gasteiger partial charge < -0.3 is 10.2 Å². The predicted molar refractivity (Wildman–Crippen MR) is 173 cm³/mol. The first kappa shape index (κ1) is 29.2. The summed E-state index contributed by atoms with van der Waals surface area (Å²) in [4.78, 5) is 30.4. The Bertz CT molecular complexity index is 1530. The molecule has 1 heterocycles. The Kier molecular flexibility index (Phi) is 9.77. The Hall–Kier alpha value is -4.30. The number of carbonyl (C=O) groups excluding carboxylic acids is 2. The predicted octanol–water partition coefficient (Wildman–Crippen LogP) is 6.41. The van der Waals surface area contributed by atoms with Crippen LogP contribution < -0.4 is 10.6 Å². The summed E-state index contributed by atoms with van der Waals surface area (Å²) < 4.78 is 0. The van der Waals surface area contributed by atoms with Crippen LogP contribution in [0.25, 0.3) is 6.08 Å². The Morgan fingerprint density at radius 2 is 1.33 bits per heavy atom. The molecule has 0 aliphatic carbocycles. The molecule has 42 heavy (non-hydrogen) atoms. The van der Waals surface area contributed by atoms with E-state index in [1.165, 1.54) is 17.2 Å². The first-order valence-electron chi connectivity index (χ1n) is 13.8. The number of thiocarbonyl (C=S) groups is 1. The van der Waals surface area contributed by atoms with Gasteiger partial charge in [-0.1, -0.05) is 103 Å². The molecule has 2 N–H and O–H groups in total. The number of hydrogen-bond acceptors (Lipinski definition) is 4. The zero-order chi connectivity index (χ0) is 29.3. The van der Waals surface area contributed by atoms with Gasteiger partial charge in [0.05, 0.1) is 17.3 Å². The van der Waals surface area contributed by atoms with Crippen LogP contribution in [0, 0.1) is 0 Å². The summed E-state index contributed by atoms with van der Waals surface area (Å²) in [5.41, 5.74) is 4.22. The Labute approximate surface area is 256 Å². The van der Waals surface area contributed by atoms with Crippen LogP contribution in [0.2, 0.25) is 5.02 Å². The third-order valence-electron chi connectivity index (χ3n) is 7.16. The molecule has 5 rings (SSSR count). The van der Waals surface area contributed by atoms with Gasteiger partial charge >= 0.3 is 0 Å². The lowest BCUT2D eigenvalue weighted by Crippen LogP contribution is -2.50. The number of carbonyl (C=O) groups is 2. The van der Waals surface area contributed by atoms with Gasteiger partial charge in [0.15, 0.2) is 5.11 Å². The number of nitrogens with one attached hydrogen (secondary N) is 2. The zero-order valence-corrected chi connectivity index (χ0v) is 24.5. The van der Waals surface area contributed by atoms with Crippen LogP contribution in [0.4, 0.5) is 5.69 Å². The Morgan fingerprint density at radius 1 is 0.762 bits per heavy atom. The maximum Gasteiger partial charge on any atom is 0.256 e. The van der Waals surface area contributed by atoms with Crippen LogP contribution in [0.5, 0.6) is 0 Å². The van der Waals surface area contributed by atoms with Crippen molar-refractivity contribution in [1.29, 1.82) is 0 Å². The molecule has 6 nitrogen and oxygen atoms in total. The minimum atomic E-state index is -0.404. The molecule has 4 aromatic rings. The molecule has 1 aliphatic rings. The summed E-state index contributed by atoms with van der Waals surface area (Å²) in [6.45, 7) is 2.67. The first-order chi connectivity index (χ1) is 20.5. The standard InChI is InChI=1S/C34H31ClN4O2S/c35-29-17-9-7-11-25(29)19-20-31(40)37-34(42)36-30-18-10-8-16-28(30)33(41)39-23-21-38(22-24-39)32(26-12-3-1-4-13-26)27-14-5-2-6-15-27/h1-20,32H,21-24H2,(H2,36,37,40,42). The smallest absolute Gasteiger partial charge is 0.256 e. The number of benzene rings is 4. The summed E-state index contributed by atoms with van der Waals surface area (Å²) in [5.74, 6) is -0.486. The highest BCUT2D eigenvalue weighted by molar-refractivity contribution is 7.80. The maximum absolute atomic E-state index is 13.6. The maximum atomic E-state index is 13.6. The molecule has 1 fully saturated rings. The number of rotatable bonds is 7. The molecule has 4 aromatic carbocycles. The minimum Gasteiger partial charge on any atom is -0.336 e. The van der Waals surface area contributed by atoms with Crippen molar-refractivity contribution in [3.05, 3.63) is 143 Å². The van der Waals surface area contributed by atoms with E-state index in [-0.39, 0.29) is 17.1 Å². The summed E-state index contributed by atoms with van der Waals surface area (Å²) in [5, 5.41) is 6.30. The van der Waals surface area contributed by atoms with Crippen molar-refractivity contribution in [3.8, 4) is 0 Å². The van der Waals surface area contributed by atoms with E-state index in [1.807, 2.05) is 47.4 Å². The van der Waals surface area contributed by atoms with Crippen molar-refractivity contribution in [2.75, 3.05) is 31.5 Å². The van der Waals surface area contributed by atoms with E-state index in [9.17, 15) is 9.59 Å². The molecule has 0 spiro atoms. The van der Waals surface area contributed by atoms with Crippen LogP contribution in [-0.4, -0.2) is 52.9 Å². The molecule has 0 atom stereocenters. The fourth-order valence-electron chi connectivity index (χ4n) is 5.10. The van der Waals surface area contributed by atoms with Crippen molar-refractivity contribution in [2.45, 2.75) is 6.04 Å². The fourth-order valence-corrected chi connectivity index (χ4v) is 5.51. The number of piperazine rings is 1. The molecule has 0 radical (unpaired) electrons. The molecule has 8 heteroatoms. The van der Waals surface area contributed by atoms with Crippen LogP contribution in [-0.2, 0) is 4.79 Å². The average Bonchev–Trinajstić information content (AvgIpc) is 3.02. The zero-order valence-electron chi connectivity index (χ0n) is 22.9. The van der Waals surface area contributed by atoms with E-state index in [0.717, 1.165) is 18.7 Å². The largest absolute Gasteiger partial charge is 0.336 e. The van der Waals surface area contributed by atoms with E-state index < -0.39 is 5.91 Å². The molecule has 2 amide bonds. The second-order valence-electron chi connectivity index (χ2n) is 9.90. The van der Waals surface area contributed by atoms with E-state index in [4.69, 9.17) is 23.8 Å². The van der Waals surface area contributed by atoms with Gasteiger partial charge in [-0.3, -0.25) is 19.8 Å². The molecule has 212 valence electrons. The lowest BCUT2D eigenvalue weighted by molar-refractivity contribution is -0.115. The topological polar surface area (TPSA) is 64.7 Å². The van der Waals surface area contributed by atoms with Crippen molar-refractivity contribution in [1.82, 2.24) is 15.1 Å². The Balaban J connectivity index is 1.22. The van der Waals surface area contributed by atoms with Gasteiger partial charge in [-0.05, 0) is 53.2 Å². The van der Waals surface area contributed by atoms with Crippen molar-refractivity contribution < 1.29 is 9.59 Å². The summed E-state index contributed by atoms with van der Waals surface area (Å²) >= 11 is 11.5. The normalized spacial score (nSPS) is 13.7. The first-order valence-corrected chi connectivity index (χ1v) is 14.5. The van der Waals surface area contributed by atoms with Gasteiger partial charge in [-0.2, -0.15) is 0 Å². The van der Waals surface area contributed by atoms with Crippen LogP contribution in [0.15, 0.2) is 115 Å². The van der Waals surface area contributed by atoms with Gasteiger partial charge in [0.25, 0.3) is 5.91 Å². The highest BCUT2D eigenvalue weighted by Crippen LogP contribution is 2.30. The lowest BCUT2D eigenvalue weighted by Gasteiger charge is -2.40. The number of para-hydroxylation sites is 1. The van der Waals surface area contributed by atoms with E-state index >= 15 is 0 Å². The molecular formula is C34H31ClN4O2S. The number of hydrogen-bond donors (Lipinski definition) is 2. The number of amides is 2. The van der Waals surface area contributed by atoms with E-state index in [0.29, 0.717) is 29.4 Å². The number of anilines is 1. The van der Waals surface area contributed by atoms with Crippen LogP contribution in [0.3, 0.4) is 0 Å². The van der Waals surface area contributed by atoms with Gasteiger partial charge in [0, 0.05) is 37.3 Å². The Morgan fingerprint density at radius 3 is 1.98 bits per heavy atom. The molecular weight excluding hydrogens is 564 g/mol. The fraction of sp³-hybridized carbons (Fsp3) is 0.147. The number of nitrogens with zero attached hydrogens (tertiary/aromatic N) is 2. The monoisotopic (exact) mass is 594 g/mol. The van der Waals surface area contributed by atoms with Gasteiger partial charge in [0.2, 0.25) is 5.91 Å². The van der Waals surface area contributed by atoms with Gasteiger partial charge in [-0.25, -0.2) is 0 Å². The summed E-state index contributed by atoms with van der Waals surface area (Å²) in [6, 6.07) is 35.5. The van der Waals surface area contributed by atoms with Crippen LogP contribution in [0.1, 0.15) is 33.1 Å². The molecule has 1 saturated heterocycles. The molecule has 0 aromatic heterocycles. The van der Waals surface area contributed by atoms with Crippen molar-refractivity contribution >= 4 is 52.5 Å². The van der Waals surface area contributed by atoms with E-state index in [2.05, 4.69) is 64.1 Å². The highest BCUT2D eigenvalue weighted by Gasteiger charge is 2.29. The van der Waals surface area contributed by atoms with Crippen molar-refractivity contribution in [2.24, 2.45) is 0 Å². The summed E-state index contributed by atoms with van der Waals surface area (Å²) in [6.07, 6.45) is 2.99. The quantitative estimate of drug-likeness (QED) is 0.191. The molecule has 0 unspecified atom stereocenters. The second-order valence-corrected chi connectivity index (χ2v) is 10.7. The highest BCUT2D eigenvalue weighted by atomic mass is 35.5. The minimum absolute atomic E-state index is 0.0820. The lowest BCUT2D eigenvalue weighted by atomic mass is 9.96. The number of halogens is 1. The molecule has 0 bridgehead atoms. The van der Waals surface area contributed by atoms with Gasteiger partial charge in [0.1, 0.15) is 0 Å². The van der Waals surface area contributed by atoms with Crippen LogP contribution >= 0.6 is 23.8 Å². The molecule has 0 saturated carbocycles. The summed E-state index contributed by atoms with van der Waals surface area (Å²) in [7, 11) is 0. The SMILES string of the molecule is O=C(C=Cc1ccccc1Cl)NC(=S)Nc1ccccc1C(=O)N1CCN(C(c2ccccc2)c2ccccc2)CC1. The van der Waals surface area contributed by atoms with E-state index in [1.54, 1.807) is 24.3 Å². The average molecular weight is 595 g/mol. The molecule has 1 aliphatic heterocycles. The van der Waals surface area contributed by atoms with Crippen molar-refractivity contribution in [3.63, 3.8) is 0 Å². The second kappa shape index (κ2) is 14.0. The van der Waals surface area contributed by atoms with Gasteiger partial charge in [-0.15, -0.1) is 0 Å².